The Hall–Kier alpha value is -2.14. The number of piperidine rings is 1. The van der Waals surface area contributed by atoms with Crippen LogP contribution in [0.15, 0.2) is 30.3 Å². The molecule has 1 aliphatic heterocycles. The van der Waals surface area contributed by atoms with Gasteiger partial charge in [-0.2, -0.15) is 5.10 Å². The first-order valence-corrected chi connectivity index (χ1v) is 8.12. The van der Waals surface area contributed by atoms with Crippen LogP contribution in [0.25, 0.3) is 5.69 Å². The molecule has 1 aromatic carbocycles. The molecule has 1 N–H and O–H groups in total. The molecular formula is C18H23N3O2. The van der Waals surface area contributed by atoms with Crippen molar-refractivity contribution in [3.05, 3.63) is 47.3 Å². The summed E-state index contributed by atoms with van der Waals surface area (Å²) < 4.78 is 1.81. The molecule has 122 valence electrons. The number of hydrogen-bond donors (Lipinski definition) is 1. The second-order valence-corrected chi connectivity index (χ2v) is 6.36. The topological polar surface area (TPSA) is 58.4 Å². The summed E-state index contributed by atoms with van der Waals surface area (Å²) >= 11 is 0. The van der Waals surface area contributed by atoms with Crippen LogP contribution in [0.2, 0.25) is 0 Å². The van der Waals surface area contributed by atoms with Gasteiger partial charge < -0.3 is 10.0 Å². The van der Waals surface area contributed by atoms with Crippen molar-refractivity contribution >= 4 is 5.91 Å². The molecule has 5 nitrogen and oxygen atoms in total. The van der Waals surface area contributed by atoms with Crippen molar-refractivity contribution in [1.29, 1.82) is 0 Å². The maximum Gasteiger partial charge on any atom is 0.274 e. The van der Waals surface area contributed by atoms with Crippen LogP contribution in [0.1, 0.15) is 34.6 Å². The molecule has 2 heterocycles. The van der Waals surface area contributed by atoms with Gasteiger partial charge in [0.1, 0.15) is 0 Å². The monoisotopic (exact) mass is 313 g/mol. The van der Waals surface area contributed by atoms with Crippen LogP contribution in [0.4, 0.5) is 0 Å². The number of aryl methyl sites for hydroxylation is 2. The Morgan fingerprint density at radius 1 is 1.30 bits per heavy atom. The summed E-state index contributed by atoms with van der Waals surface area (Å²) in [5.41, 5.74) is 3.56. The van der Waals surface area contributed by atoms with Gasteiger partial charge in [-0.15, -0.1) is 0 Å². The number of aliphatic hydroxyl groups excluding tert-OH is 1. The fourth-order valence-electron chi connectivity index (χ4n) is 3.09. The third-order valence-corrected chi connectivity index (χ3v) is 4.45. The summed E-state index contributed by atoms with van der Waals surface area (Å²) in [6, 6.07) is 9.92. The molecule has 23 heavy (non-hydrogen) atoms. The number of hydrogen-bond acceptors (Lipinski definition) is 3. The van der Waals surface area contributed by atoms with Gasteiger partial charge in [-0.05, 0) is 50.8 Å². The quantitative estimate of drug-likeness (QED) is 0.946. The zero-order chi connectivity index (χ0) is 16.4. The number of aromatic nitrogens is 2. The number of carbonyl (C=O) groups excluding carboxylic acids is 1. The molecule has 2 aromatic rings. The van der Waals surface area contributed by atoms with E-state index in [1.54, 1.807) is 4.68 Å². The van der Waals surface area contributed by atoms with Crippen molar-refractivity contribution in [2.45, 2.75) is 26.7 Å². The fourth-order valence-corrected chi connectivity index (χ4v) is 3.09. The van der Waals surface area contributed by atoms with Gasteiger partial charge in [0.25, 0.3) is 5.91 Å². The molecule has 5 heteroatoms. The Bertz CT molecular complexity index is 691. The molecule has 1 saturated heterocycles. The fraction of sp³-hybridized carbons (Fsp3) is 0.444. The molecule has 3 rings (SSSR count). The number of aliphatic hydroxyl groups is 1. The number of amides is 1. The molecule has 0 bridgehead atoms. The van der Waals surface area contributed by atoms with Gasteiger partial charge in [0.05, 0.1) is 5.69 Å². The number of likely N-dealkylation sites (tertiary alicyclic amines) is 1. The molecule has 1 amide bonds. The van der Waals surface area contributed by atoms with Crippen LogP contribution in [-0.4, -0.2) is 45.4 Å². The zero-order valence-electron chi connectivity index (χ0n) is 13.7. The highest BCUT2D eigenvalue weighted by Gasteiger charge is 2.26. The molecule has 0 spiro atoms. The van der Waals surface area contributed by atoms with Gasteiger partial charge in [0.2, 0.25) is 0 Å². The number of nitrogens with zero attached hydrogens (tertiary/aromatic N) is 3. The highest BCUT2D eigenvalue weighted by atomic mass is 16.3. The van der Waals surface area contributed by atoms with E-state index in [1.165, 1.54) is 5.56 Å². The summed E-state index contributed by atoms with van der Waals surface area (Å²) in [4.78, 5) is 14.5. The first kappa shape index (κ1) is 15.7. The second kappa shape index (κ2) is 6.54. The third kappa shape index (κ3) is 3.29. The Balaban J connectivity index is 1.82. The van der Waals surface area contributed by atoms with E-state index >= 15 is 0 Å². The Morgan fingerprint density at radius 3 is 2.74 bits per heavy atom. The SMILES string of the molecule is Cc1ccc(-n2nc(C(=O)N3CCCC(CO)C3)cc2C)cc1. The Labute approximate surface area is 136 Å². The van der Waals surface area contributed by atoms with Crippen molar-refractivity contribution in [3.8, 4) is 5.69 Å². The lowest BCUT2D eigenvalue weighted by Crippen LogP contribution is -2.41. The van der Waals surface area contributed by atoms with Gasteiger partial charge in [0.15, 0.2) is 5.69 Å². The van der Waals surface area contributed by atoms with Crippen molar-refractivity contribution < 1.29 is 9.90 Å². The van der Waals surface area contributed by atoms with Crippen LogP contribution in [0.3, 0.4) is 0 Å². The first-order valence-electron chi connectivity index (χ1n) is 8.12. The van der Waals surface area contributed by atoms with Crippen molar-refractivity contribution in [2.24, 2.45) is 5.92 Å². The van der Waals surface area contributed by atoms with Crippen LogP contribution >= 0.6 is 0 Å². The lowest BCUT2D eigenvalue weighted by Gasteiger charge is -2.31. The lowest BCUT2D eigenvalue weighted by molar-refractivity contribution is 0.0614. The summed E-state index contributed by atoms with van der Waals surface area (Å²) in [7, 11) is 0. The maximum absolute atomic E-state index is 12.7. The van der Waals surface area contributed by atoms with E-state index < -0.39 is 0 Å². The van der Waals surface area contributed by atoms with Gasteiger partial charge in [-0.3, -0.25) is 4.79 Å². The predicted octanol–water partition coefficient (Wildman–Crippen LogP) is 2.33. The smallest absolute Gasteiger partial charge is 0.274 e. The molecule has 0 saturated carbocycles. The largest absolute Gasteiger partial charge is 0.396 e. The number of rotatable bonds is 3. The van der Waals surface area contributed by atoms with Gasteiger partial charge >= 0.3 is 0 Å². The Kier molecular flexibility index (Phi) is 4.48. The van der Waals surface area contributed by atoms with E-state index in [0.29, 0.717) is 12.2 Å². The van der Waals surface area contributed by atoms with E-state index in [1.807, 2.05) is 49.1 Å². The van der Waals surface area contributed by atoms with Gasteiger partial charge in [0, 0.05) is 25.4 Å². The van der Waals surface area contributed by atoms with Crippen LogP contribution in [0.5, 0.6) is 0 Å². The molecule has 1 atom stereocenters. The first-order chi connectivity index (χ1) is 11.1. The molecule has 1 fully saturated rings. The highest BCUT2D eigenvalue weighted by molar-refractivity contribution is 5.92. The van der Waals surface area contributed by atoms with Gasteiger partial charge in [-0.25, -0.2) is 4.68 Å². The van der Waals surface area contributed by atoms with E-state index in [2.05, 4.69) is 5.10 Å². The van der Waals surface area contributed by atoms with E-state index in [0.717, 1.165) is 30.8 Å². The molecule has 1 unspecified atom stereocenters. The molecule has 1 aromatic heterocycles. The lowest BCUT2D eigenvalue weighted by atomic mass is 9.99. The number of carbonyl (C=O) groups is 1. The molecule has 1 aliphatic rings. The van der Waals surface area contributed by atoms with E-state index in [4.69, 9.17) is 0 Å². The average Bonchev–Trinajstić information content (AvgIpc) is 2.97. The molecule has 0 aliphatic carbocycles. The summed E-state index contributed by atoms with van der Waals surface area (Å²) in [5, 5.41) is 13.8. The van der Waals surface area contributed by atoms with Gasteiger partial charge in [-0.1, -0.05) is 17.7 Å². The molecule has 0 radical (unpaired) electrons. The third-order valence-electron chi connectivity index (χ3n) is 4.45. The minimum absolute atomic E-state index is 0.0443. The highest BCUT2D eigenvalue weighted by Crippen LogP contribution is 2.19. The van der Waals surface area contributed by atoms with Crippen molar-refractivity contribution in [1.82, 2.24) is 14.7 Å². The van der Waals surface area contributed by atoms with Crippen molar-refractivity contribution in [3.63, 3.8) is 0 Å². The minimum atomic E-state index is -0.0443. The Morgan fingerprint density at radius 2 is 2.04 bits per heavy atom. The van der Waals surface area contributed by atoms with Crippen molar-refractivity contribution in [2.75, 3.05) is 19.7 Å². The van der Waals surface area contributed by atoms with Crippen LogP contribution in [0, 0.1) is 19.8 Å². The second-order valence-electron chi connectivity index (χ2n) is 6.36. The van der Waals surface area contributed by atoms with E-state index in [-0.39, 0.29) is 18.4 Å². The average molecular weight is 313 g/mol. The summed E-state index contributed by atoms with van der Waals surface area (Å²) in [6.07, 6.45) is 1.92. The minimum Gasteiger partial charge on any atom is -0.396 e. The van der Waals surface area contributed by atoms with E-state index in [9.17, 15) is 9.90 Å². The molecular weight excluding hydrogens is 290 g/mol. The predicted molar refractivity (Wildman–Crippen MR) is 88.8 cm³/mol. The zero-order valence-corrected chi connectivity index (χ0v) is 13.7. The van der Waals surface area contributed by atoms with Crippen LogP contribution in [-0.2, 0) is 0 Å². The normalized spacial score (nSPS) is 18.2. The summed E-state index contributed by atoms with van der Waals surface area (Å²) in [5.74, 6) is 0.144. The number of benzene rings is 1. The summed E-state index contributed by atoms with van der Waals surface area (Å²) in [6.45, 7) is 5.50. The standard InChI is InChI=1S/C18H23N3O2/c1-13-5-7-16(8-6-13)21-14(2)10-17(19-21)18(23)20-9-3-4-15(11-20)12-22/h5-8,10,15,22H,3-4,9,11-12H2,1-2H3. The van der Waals surface area contributed by atoms with Crippen LogP contribution < -0.4 is 0 Å². The maximum atomic E-state index is 12.7.